The number of rotatable bonds is 5. The Balaban J connectivity index is 1.33. The molecule has 10 heteroatoms. The molecular weight excluding hydrogens is 422 g/mol. The highest BCUT2D eigenvalue weighted by Crippen LogP contribution is 2.35. The number of ether oxygens (including phenoxy) is 3. The highest BCUT2D eigenvalue weighted by Gasteiger charge is 2.35. The van der Waals surface area contributed by atoms with Gasteiger partial charge in [0, 0.05) is 12.6 Å². The minimum Gasteiger partial charge on any atom is -0.488 e. The van der Waals surface area contributed by atoms with Gasteiger partial charge >= 0.3 is 0 Å². The van der Waals surface area contributed by atoms with E-state index in [0.29, 0.717) is 60.7 Å². The van der Waals surface area contributed by atoms with Crippen LogP contribution in [0.2, 0.25) is 0 Å². The van der Waals surface area contributed by atoms with E-state index in [2.05, 4.69) is 10.1 Å². The van der Waals surface area contributed by atoms with Gasteiger partial charge in [-0.15, -0.1) is 0 Å². The van der Waals surface area contributed by atoms with Crippen molar-refractivity contribution in [3.05, 3.63) is 48.3 Å². The van der Waals surface area contributed by atoms with E-state index < -0.39 is 10.0 Å². The van der Waals surface area contributed by atoms with Crippen molar-refractivity contribution < 1.29 is 27.2 Å². The average Bonchev–Trinajstić information content (AvgIpc) is 3.43. The molecule has 1 unspecified atom stereocenters. The minimum absolute atomic E-state index is 0.180. The predicted molar refractivity (Wildman–Crippen MR) is 110 cm³/mol. The van der Waals surface area contributed by atoms with E-state index in [1.165, 1.54) is 10.4 Å². The molecule has 0 radical (unpaired) electrons. The predicted octanol–water partition coefficient (Wildman–Crippen LogP) is 2.66. The van der Waals surface area contributed by atoms with Crippen LogP contribution in [-0.4, -0.2) is 55.3 Å². The molecule has 0 aliphatic carbocycles. The number of sulfonamides is 1. The lowest BCUT2D eigenvalue weighted by Crippen LogP contribution is -2.31. The Kier molecular flexibility index (Phi) is 5.03. The Bertz CT molecular complexity index is 1210. The minimum atomic E-state index is -3.68. The van der Waals surface area contributed by atoms with Crippen molar-refractivity contribution in [3.8, 4) is 28.7 Å². The first-order valence-electron chi connectivity index (χ1n) is 9.97. The molecule has 0 amide bonds. The maximum absolute atomic E-state index is 13.2. The molecule has 5 rings (SSSR count). The van der Waals surface area contributed by atoms with Crippen molar-refractivity contribution in [1.29, 1.82) is 0 Å². The van der Waals surface area contributed by atoms with Crippen LogP contribution < -0.4 is 14.2 Å². The van der Waals surface area contributed by atoms with Crippen LogP contribution in [0, 0.1) is 6.92 Å². The third-order valence-corrected chi connectivity index (χ3v) is 7.06. The summed E-state index contributed by atoms with van der Waals surface area (Å²) in [5.41, 5.74) is 0.677. The summed E-state index contributed by atoms with van der Waals surface area (Å²) < 4.78 is 50.1. The van der Waals surface area contributed by atoms with Gasteiger partial charge in [0.2, 0.25) is 10.0 Å². The molecule has 0 saturated carbocycles. The molecule has 2 aliphatic rings. The zero-order chi connectivity index (χ0) is 21.4. The summed E-state index contributed by atoms with van der Waals surface area (Å²) in [7, 11) is -3.68. The molecule has 1 atom stereocenters. The molecule has 31 heavy (non-hydrogen) atoms. The SMILES string of the molecule is Cc1noc(-c2ccccc2OC2CCN(S(=O)(=O)c3ccc4c(c3)OCCO4)C2)n1. The molecule has 1 aromatic heterocycles. The van der Waals surface area contributed by atoms with Gasteiger partial charge in [0.25, 0.3) is 5.89 Å². The van der Waals surface area contributed by atoms with Crippen molar-refractivity contribution in [2.45, 2.75) is 24.3 Å². The third kappa shape index (κ3) is 3.84. The maximum Gasteiger partial charge on any atom is 0.261 e. The second kappa shape index (κ2) is 7.86. The van der Waals surface area contributed by atoms with Crippen LogP contribution >= 0.6 is 0 Å². The molecule has 1 saturated heterocycles. The standard InChI is InChI=1S/C21H21N3O6S/c1-14-22-21(30-23-14)17-4-2-3-5-18(17)29-15-8-9-24(13-15)31(25,26)16-6-7-19-20(12-16)28-11-10-27-19/h2-7,12,15H,8-11,13H2,1H3. The first-order chi connectivity index (χ1) is 15.0. The Labute approximate surface area is 179 Å². The summed E-state index contributed by atoms with van der Waals surface area (Å²) in [5.74, 6) is 2.48. The first-order valence-corrected chi connectivity index (χ1v) is 11.4. The van der Waals surface area contributed by atoms with Crippen molar-refractivity contribution in [2.24, 2.45) is 0 Å². The van der Waals surface area contributed by atoms with Gasteiger partial charge in [-0.05, 0) is 37.6 Å². The van der Waals surface area contributed by atoms with Crippen molar-refractivity contribution in [2.75, 3.05) is 26.3 Å². The van der Waals surface area contributed by atoms with E-state index in [4.69, 9.17) is 18.7 Å². The second-order valence-corrected chi connectivity index (χ2v) is 9.28. The van der Waals surface area contributed by atoms with E-state index in [-0.39, 0.29) is 17.5 Å². The number of hydrogen-bond donors (Lipinski definition) is 0. The normalized spacial score (nSPS) is 18.8. The summed E-state index contributed by atoms with van der Waals surface area (Å²) >= 11 is 0. The number of hydrogen-bond acceptors (Lipinski definition) is 8. The van der Waals surface area contributed by atoms with Crippen LogP contribution in [0.5, 0.6) is 17.2 Å². The van der Waals surface area contributed by atoms with E-state index in [0.717, 1.165) is 0 Å². The number of aromatic nitrogens is 2. The molecule has 0 bridgehead atoms. The number of benzene rings is 2. The largest absolute Gasteiger partial charge is 0.488 e. The van der Waals surface area contributed by atoms with Gasteiger partial charge in [0.15, 0.2) is 17.3 Å². The molecule has 2 aliphatic heterocycles. The van der Waals surface area contributed by atoms with Gasteiger partial charge in [-0.25, -0.2) is 8.42 Å². The molecule has 3 aromatic rings. The van der Waals surface area contributed by atoms with E-state index in [1.54, 1.807) is 19.1 Å². The van der Waals surface area contributed by atoms with Crippen LogP contribution in [0.25, 0.3) is 11.5 Å². The van der Waals surface area contributed by atoms with Crippen LogP contribution in [0.4, 0.5) is 0 Å². The zero-order valence-corrected chi connectivity index (χ0v) is 17.7. The molecule has 1 fully saturated rings. The van der Waals surface area contributed by atoms with Gasteiger partial charge in [0.1, 0.15) is 25.1 Å². The van der Waals surface area contributed by atoms with E-state index in [9.17, 15) is 8.42 Å². The van der Waals surface area contributed by atoms with Crippen LogP contribution in [0.15, 0.2) is 51.9 Å². The summed E-state index contributed by atoms with van der Waals surface area (Å²) in [5, 5.41) is 3.83. The van der Waals surface area contributed by atoms with Gasteiger partial charge in [-0.3, -0.25) is 0 Å². The number of fused-ring (bicyclic) bond motifs is 1. The fraction of sp³-hybridized carbons (Fsp3) is 0.333. The summed E-state index contributed by atoms with van der Waals surface area (Å²) in [6.07, 6.45) is 0.276. The fourth-order valence-electron chi connectivity index (χ4n) is 3.68. The summed E-state index contributed by atoms with van der Waals surface area (Å²) in [4.78, 5) is 4.44. The van der Waals surface area contributed by atoms with Crippen LogP contribution in [0.1, 0.15) is 12.2 Å². The van der Waals surface area contributed by atoms with Gasteiger partial charge in [-0.1, -0.05) is 17.3 Å². The Morgan fingerprint density at radius 2 is 1.90 bits per heavy atom. The van der Waals surface area contributed by atoms with Gasteiger partial charge < -0.3 is 18.7 Å². The lowest BCUT2D eigenvalue weighted by atomic mass is 10.2. The van der Waals surface area contributed by atoms with Gasteiger partial charge in [0.05, 0.1) is 17.0 Å². The first kappa shape index (κ1) is 19.8. The van der Waals surface area contributed by atoms with Crippen molar-refractivity contribution in [1.82, 2.24) is 14.4 Å². The Morgan fingerprint density at radius 1 is 1.10 bits per heavy atom. The molecule has 0 N–H and O–H groups in total. The summed E-state index contributed by atoms with van der Waals surface area (Å²) in [6, 6.07) is 12.0. The van der Waals surface area contributed by atoms with Crippen LogP contribution in [0.3, 0.4) is 0 Å². The van der Waals surface area contributed by atoms with Crippen molar-refractivity contribution in [3.63, 3.8) is 0 Å². The molecule has 0 spiro atoms. The van der Waals surface area contributed by atoms with E-state index >= 15 is 0 Å². The lowest BCUT2D eigenvalue weighted by Gasteiger charge is -2.21. The summed E-state index contributed by atoms with van der Waals surface area (Å²) in [6.45, 7) is 3.20. The van der Waals surface area contributed by atoms with Gasteiger partial charge in [-0.2, -0.15) is 9.29 Å². The highest BCUT2D eigenvalue weighted by molar-refractivity contribution is 7.89. The fourth-order valence-corrected chi connectivity index (χ4v) is 5.18. The van der Waals surface area contributed by atoms with Crippen molar-refractivity contribution >= 4 is 10.0 Å². The third-order valence-electron chi connectivity index (χ3n) is 5.20. The monoisotopic (exact) mass is 443 g/mol. The van der Waals surface area contributed by atoms with E-state index in [1.807, 2.05) is 24.3 Å². The quantitative estimate of drug-likeness (QED) is 0.593. The topological polar surface area (TPSA) is 104 Å². The zero-order valence-electron chi connectivity index (χ0n) is 16.9. The lowest BCUT2D eigenvalue weighted by molar-refractivity contribution is 0.171. The second-order valence-electron chi connectivity index (χ2n) is 7.34. The molecule has 162 valence electrons. The smallest absolute Gasteiger partial charge is 0.261 e. The Morgan fingerprint density at radius 3 is 2.71 bits per heavy atom. The molecule has 2 aromatic carbocycles. The average molecular weight is 443 g/mol. The number of nitrogens with zero attached hydrogens (tertiary/aromatic N) is 3. The Hall–Kier alpha value is -3.11. The maximum atomic E-state index is 13.2. The highest BCUT2D eigenvalue weighted by atomic mass is 32.2. The molecule has 9 nitrogen and oxygen atoms in total. The molecule has 3 heterocycles. The number of para-hydroxylation sites is 1. The van der Waals surface area contributed by atoms with Crippen LogP contribution in [-0.2, 0) is 10.0 Å². The molecular formula is C21H21N3O6S. The number of aryl methyl sites for hydroxylation is 1.